The lowest BCUT2D eigenvalue weighted by Gasteiger charge is -2.13. The maximum Gasteiger partial charge on any atom is 0.187 e. The first-order valence-electron chi connectivity index (χ1n) is 13.9. The fraction of sp³-hybridized carbons (Fsp3) is 0. The third-order valence-corrected chi connectivity index (χ3v) is 7.84. The highest BCUT2D eigenvalue weighted by atomic mass is 15.0. The first-order valence-corrected chi connectivity index (χ1v) is 13.9. The van der Waals surface area contributed by atoms with E-state index in [2.05, 4.69) is 67.9 Å². The van der Waals surface area contributed by atoms with Gasteiger partial charge in [0.15, 0.2) is 11.5 Å². The highest BCUT2D eigenvalue weighted by Crippen LogP contribution is 2.38. The van der Waals surface area contributed by atoms with Crippen molar-refractivity contribution >= 4 is 27.5 Å². The molecule has 0 saturated heterocycles. The molecular formula is C38H19N7. The average molecular weight is 574 g/mol. The smallest absolute Gasteiger partial charge is 0.187 e. The second kappa shape index (κ2) is 11.0. The van der Waals surface area contributed by atoms with Gasteiger partial charge < -0.3 is 4.57 Å². The van der Waals surface area contributed by atoms with Crippen LogP contribution in [0.1, 0.15) is 16.7 Å². The summed E-state index contributed by atoms with van der Waals surface area (Å²) >= 11 is 0. The van der Waals surface area contributed by atoms with Gasteiger partial charge in [-0.3, -0.25) is 0 Å². The van der Waals surface area contributed by atoms with Crippen molar-refractivity contribution in [3.63, 3.8) is 0 Å². The zero-order chi connectivity index (χ0) is 30.9. The van der Waals surface area contributed by atoms with Crippen molar-refractivity contribution < 1.29 is 0 Å². The molecule has 0 aliphatic rings. The second-order valence-electron chi connectivity index (χ2n) is 10.4. The van der Waals surface area contributed by atoms with Crippen molar-refractivity contribution in [2.24, 2.45) is 0 Å². The van der Waals surface area contributed by atoms with Gasteiger partial charge >= 0.3 is 0 Å². The summed E-state index contributed by atoms with van der Waals surface area (Å²) in [5, 5.41) is 30.8. The average Bonchev–Trinajstić information content (AvgIpc) is 3.44. The Morgan fingerprint density at radius 1 is 0.556 bits per heavy atom. The van der Waals surface area contributed by atoms with E-state index in [1.165, 1.54) is 12.4 Å². The molecular weight excluding hydrogens is 554 g/mol. The molecule has 2 heterocycles. The van der Waals surface area contributed by atoms with Gasteiger partial charge in [-0.2, -0.15) is 15.8 Å². The molecule has 206 valence electrons. The van der Waals surface area contributed by atoms with Crippen molar-refractivity contribution in [2.45, 2.75) is 0 Å². The Bertz CT molecular complexity index is 2330. The molecule has 7 rings (SSSR count). The predicted molar refractivity (Wildman–Crippen MR) is 173 cm³/mol. The number of nitriles is 3. The summed E-state index contributed by atoms with van der Waals surface area (Å²) in [6, 6.07) is 39.7. The van der Waals surface area contributed by atoms with Crippen LogP contribution in [-0.4, -0.2) is 14.5 Å². The monoisotopic (exact) mass is 573 g/mol. The molecule has 0 amide bonds. The second-order valence-corrected chi connectivity index (χ2v) is 10.4. The van der Waals surface area contributed by atoms with Crippen LogP contribution in [0.4, 0.5) is 5.69 Å². The van der Waals surface area contributed by atoms with Crippen LogP contribution in [0, 0.1) is 40.6 Å². The summed E-state index contributed by atoms with van der Waals surface area (Å²) in [6.45, 7) is 7.30. The molecule has 0 aliphatic carbocycles. The molecule has 0 bridgehead atoms. The summed E-state index contributed by atoms with van der Waals surface area (Å²) in [7, 11) is 0. The Morgan fingerprint density at radius 3 is 1.62 bits per heavy atom. The lowest BCUT2D eigenvalue weighted by Crippen LogP contribution is -1.99. The van der Waals surface area contributed by atoms with Crippen LogP contribution in [0.2, 0.25) is 0 Å². The molecule has 7 heteroatoms. The molecule has 0 aliphatic heterocycles. The van der Waals surface area contributed by atoms with Gasteiger partial charge in [-0.25, -0.2) is 14.8 Å². The third-order valence-electron chi connectivity index (χ3n) is 7.84. The van der Waals surface area contributed by atoms with Crippen LogP contribution in [0.15, 0.2) is 116 Å². The molecule has 0 atom stereocenters. The minimum Gasteiger partial charge on any atom is -0.308 e. The lowest BCUT2D eigenvalue weighted by atomic mass is 10.0. The zero-order valence-electron chi connectivity index (χ0n) is 23.6. The van der Waals surface area contributed by atoms with Gasteiger partial charge in [0.2, 0.25) is 0 Å². The van der Waals surface area contributed by atoms with E-state index in [1.807, 2.05) is 54.6 Å². The summed E-state index contributed by atoms with van der Waals surface area (Å²) in [4.78, 5) is 12.1. The molecule has 7 nitrogen and oxygen atoms in total. The van der Waals surface area contributed by atoms with E-state index in [4.69, 9.17) is 11.8 Å². The molecule has 2 aromatic heterocycles. The van der Waals surface area contributed by atoms with Crippen LogP contribution in [0.3, 0.4) is 0 Å². The highest BCUT2D eigenvalue weighted by Gasteiger charge is 2.18. The van der Waals surface area contributed by atoms with Crippen molar-refractivity contribution in [3.05, 3.63) is 144 Å². The third kappa shape index (κ3) is 4.70. The summed E-state index contributed by atoms with van der Waals surface area (Å²) in [5.74, 6) is 0.424. The van der Waals surface area contributed by atoms with Crippen molar-refractivity contribution in [1.82, 2.24) is 14.5 Å². The molecule has 0 spiro atoms. The minimum absolute atomic E-state index is 0.360. The van der Waals surface area contributed by atoms with Crippen LogP contribution in [0.5, 0.6) is 0 Å². The number of benzene rings is 5. The van der Waals surface area contributed by atoms with E-state index >= 15 is 0 Å². The van der Waals surface area contributed by atoms with E-state index < -0.39 is 0 Å². The molecule has 5 aromatic carbocycles. The first-order chi connectivity index (χ1) is 22.1. The number of rotatable bonds is 4. The molecule has 0 saturated carbocycles. The predicted octanol–water partition coefficient (Wildman–Crippen LogP) is 8.74. The van der Waals surface area contributed by atoms with Gasteiger partial charge in [-0.1, -0.05) is 60.7 Å². The van der Waals surface area contributed by atoms with Crippen molar-refractivity contribution in [3.8, 4) is 57.5 Å². The summed E-state index contributed by atoms with van der Waals surface area (Å²) in [6.07, 6.45) is 2.93. The van der Waals surface area contributed by atoms with Gasteiger partial charge in [0.1, 0.15) is 12.1 Å². The van der Waals surface area contributed by atoms with E-state index in [1.54, 1.807) is 18.2 Å². The van der Waals surface area contributed by atoms with Crippen molar-refractivity contribution in [1.29, 1.82) is 15.8 Å². The van der Waals surface area contributed by atoms with Crippen LogP contribution in [0.25, 0.3) is 66.0 Å². The Kier molecular flexibility index (Phi) is 6.54. The lowest BCUT2D eigenvalue weighted by molar-refractivity contribution is 1.14. The number of hydrogen-bond donors (Lipinski definition) is 0. The van der Waals surface area contributed by atoms with Gasteiger partial charge in [-0.05, 0) is 64.7 Å². The number of aromatic nitrogens is 3. The minimum atomic E-state index is 0.360. The maximum absolute atomic E-state index is 10.4. The van der Waals surface area contributed by atoms with Crippen molar-refractivity contribution in [2.75, 3.05) is 0 Å². The van der Waals surface area contributed by atoms with E-state index in [0.717, 1.165) is 44.1 Å². The van der Waals surface area contributed by atoms with Gasteiger partial charge in [0.05, 0.1) is 46.1 Å². The Hall–Kier alpha value is -7.06. The number of nitrogens with zero attached hydrogens (tertiary/aromatic N) is 7. The van der Waals surface area contributed by atoms with Crippen LogP contribution >= 0.6 is 0 Å². The standard InChI is InChI=1S/C38H19N7/c1-42-32-11-6-27(7-12-32)29-9-14-34-33-13-8-28(26-4-2-24(19-39)3-5-26)17-36(33)45(37(34)18-29)35-15-10-30(16-31(35)21-41)38-43-22-25(20-40)23-44-38/h2-18,22-23H. The summed E-state index contributed by atoms with van der Waals surface area (Å²) in [5.41, 5.74) is 9.10. The first kappa shape index (κ1) is 26.8. The number of fused-ring (bicyclic) bond motifs is 3. The van der Waals surface area contributed by atoms with Gasteiger partial charge in [0, 0.05) is 28.7 Å². The quantitative estimate of drug-likeness (QED) is 0.196. The molecule has 0 N–H and O–H groups in total. The topological polar surface area (TPSA) is 106 Å². The largest absolute Gasteiger partial charge is 0.308 e. The van der Waals surface area contributed by atoms with E-state index in [9.17, 15) is 10.5 Å². The molecule has 7 aromatic rings. The Morgan fingerprint density at radius 2 is 1.09 bits per heavy atom. The van der Waals surface area contributed by atoms with E-state index in [-0.39, 0.29) is 0 Å². The Balaban J connectivity index is 1.47. The molecule has 0 fully saturated rings. The molecule has 0 radical (unpaired) electrons. The van der Waals surface area contributed by atoms with Gasteiger partial charge in [-0.15, -0.1) is 0 Å². The molecule has 0 unspecified atom stereocenters. The van der Waals surface area contributed by atoms with Crippen LogP contribution in [-0.2, 0) is 0 Å². The normalized spacial score (nSPS) is 10.6. The maximum atomic E-state index is 10.4. The highest BCUT2D eigenvalue weighted by molar-refractivity contribution is 6.11. The SMILES string of the molecule is [C-]#[N+]c1ccc(-c2ccc3c4ccc(-c5ccc(C#N)cc5)cc4n(-c4ccc(-c5ncc(C#N)cn5)cc4C#N)c3c2)cc1. The Labute approximate surface area is 258 Å². The molecule has 45 heavy (non-hydrogen) atoms. The van der Waals surface area contributed by atoms with Crippen LogP contribution < -0.4 is 0 Å². The fourth-order valence-electron chi connectivity index (χ4n) is 5.60. The van der Waals surface area contributed by atoms with E-state index in [0.29, 0.717) is 39.5 Å². The number of hydrogen-bond acceptors (Lipinski definition) is 5. The van der Waals surface area contributed by atoms with Gasteiger partial charge in [0.25, 0.3) is 0 Å². The summed E-state index contributed by atoms with van der Waals surface area (Å²) < 4.78 is 2.11. The zero-order valence-corrected chi connectivity index (χ0v) is 23.6. The fourth-order valence-corrected chi connectivity index (χ4v) is 5.60.